The van der Waals surface area contributed by atoms with Gasteiger partial charge in [0.25, 0.3) is 0 Å². The van der Waals surface area contributed by atoms with Crippen molar-refractivity contribution in [2.24, 2.45) is 5.92 Å². The van der Waals surface area contributed by atoms with Crippen molar-refractivity contribution < 1.29 is 13.2 Å². The van der Waals surface area contributed by atoms with Crippen LogP contribution in [0.4, 0.5) is 0 Å². The monoisotopic (exact) mass is 379 g/mol. The molecule has 130 valence electrons. The van der Waals surface area contributed by atoms with Crippen molar-refractivity contribution in [3.05, 3.63) is 15.8 Å². The Balaban J connectivity index is 0.00000192. The van der Waals surface area contributed by atoms with Gasteiger partial charge in [0.1, 0.15) is 0 Å². The first-order valence-electron chi connectivity index (χ1n) is 7.46. The maximum Gasteiger partial charge on any atom is 0.244 e. The van der Waals surface area contributed by atoms with E-state index in [1.165, 1.54) is 15.6 Å². The SMILES string of the molecule is Cc1cc(S(=O)(=O)N2CCN(C(=O)C3CNC3)CC2)c(C)s1.Cl. The van der Waals surface area contributed by atoms with E-state index in [4.69, 9.17) is 0 Å². The Morgan fingerprint density at radius 1 is 1.22 bits per heavy atom. The van der Waals surface area contributed by atoms with Gasteiger partial charge in [0.05, 0.1) is 10.8 Å². The lowest BCUT2D eigenvalue weighted by atomic mass is 10.0. The highest BCUT2D eigenvalue weighted by Crippen LogP contribution is 2.28. The minimum Gasteiger partial charge on any atom is -0.340 e. The number of hydrogen-bond donors (Lipinski definition) is 1. The van der Waals surface area contributed by atoms with E-state index < -0.39 is 10.0 Å². The Labute approximate surface area is 147 Å². The molecule has 1 aromatic heterocycles. The zero-order valence-electron chi connectivity index (χ0n) is 13.2. The zero-order valence-corrected chi connectivity index (χ0v) is 15.7. The van der Waals surface area contributed by atoms with Gasteiger partial charge in [0.2, 0.25) is 15.9 Å². The van der Waals surface area contributed by atoms with Gasteiger partial charge in [-0.1, -0.05) is 0 Å². The van der Waals surface area contributed by atoms with Gasteiger partial charge in [-0.3, -0.25) is 4.79 Å². The number of carbonyl (C=O) groups is 1. The Hall–Kier alpha value is -0.670. The van der Waals surface area contributed by atoms with E-state index in [-0.39, 0.29) is 24.2 Å². The lowest BCUT2D eigenvalue weighted by Crippen LogP contribution is -2.57. The highest BCUT2D eigenvalue weighted by Gasteiger charge is 2.35. The van der Waals surface area contributed by atoms with Crippen LogP contribution in [0.5, 0.6) is 0 Å². The predicted octanol–water partition coefficient (Wildman–Crippen LogP) is 0.839. The molecule has 1 aromatic rings. The maximum atomic E-state index is 12.7. The number of nitrogens with zero attached hydrogens (tertiary/aromatic N) is 2. The third-order valence-corrected chi connectivity index (χ3v) is 7.41. The highest BCUT2D eigenvalue weighted by molar-refractivity contribution is 7.89. The fraction of sp³-hybridized carbons (Fsp3) is 0.643. The molecule has 2 aliphatic rings. The predicted molar refractivity (Wildman–Crippen MR) is 92.7 cm³/mol. The van der Waals surface area contributed by atoms with Crippen molar-refractivity contribution in [2.45, 2.75) is 18.7 Å². The summed E-state index contributed by atoms with van der Waals surface area (Å²) in [7, 11) is -3.44. The molecule has 0 unspecified atom stereocenters. The van der Waals surface area contributed by atoms with Crippen molar-refractivity contribution in [2.75, 3.05) is 39.3 Å². The van der Waals surface area contributed by atoms with Crippen LogP contribution in [0.1, 0.15) is 9.75 Å². The zero-order chi connectivity index (χ0) is 15.9. The third kappa shape index (κ3) is 3.56. The smallest absolute Gasteiger partial charge is 0.244 e. The van der Waals surface area contributed by atoms with Gasteiger partial charge in [0, 0.05) is 49.0 Å². The molecule has 3 heterocycles. The molecule has 23 heavy (non-hydrogen) atoms. The van der Waals surface area contributed by atoms with E-state index in [2.05, 4.69) is 5.32 Å². The fourth-order valence-corrected chi connectivity index (χ4v) is 5.82. The minimum atomic E-state index is -3.44. The van der Waals surface area contributed by atoms with Crippen LogP contribution in [0.2, 0.25) is 0 Å². The van der Waals surface area contributed by atoms with E-state index in [0.29, 0.717) is 31.1 Å². The molecule has 0 aromatic carbocycles. The summed E-state index contributed by atoms with van der Waals surface area (Å²) in [6.45, 7) is 6.96. The van der Waals surface area contributed by atoms with Crippen LogP contribution in [0.15, 0.2) is 11.0 Å². The Kier molecular flexibility index (Phi) is 5.73. The van der Waals surface area contributed by atoms with Gasteiger partial charge in [0.15, 0.2) is 0 Å². The molecule has 0 spiro atoms. The highest BCUT2D eigenvalue weighted by atomic mass is 35.5. The number of halogens is 1. The standard InChI is InChI=1S/C14H21N3O3S2.ClH/c1-10-7-13(11(2)21-10)22(19,20)17-5-3-16(4-6-17)14(18)12-8-15-9-12;/h7,12,15H,3-6,8-9H2,1-2H3;1H. The summed E-state index contributed by atoms with van der Waals surface area (Å²) in [5, 5.41) is 3.09. The largest absolute Gasteiger partial charge is 0.340 e. The van der Waals surface area contributed by atoms with Crippen molar-refractivity contribution in [3.63, 3.8) is 0 Å². The van der Waals surface area contributed by atoms with Crippen molar-refractivity contribution in [3.8, 4) is 0 Å². The number of rotatable bonds is 3. The Morgan fingerprint density at radius 2 is 1.83 bits per heavy atom. The van der Waals surface area contributed by atoms with Gasteiger partial charge in [-0.15, -0.1) is 23.7 Å². The van der Waals surface area contributed by atoms with E-state index >= 15 is 0 Å². The number of thiophene rings is 1. The molecule has 1 amide bonds. The number of carbonyl (C=O) groups excluding carboxylic acids is 1. The topological polar surface area (TPSA) is 69.7 Å². The molecule has 3 rings (SSSR count). The minimum absolute atomic E-state index is 0. The van der Waals surface area contributed by atoms with Gasteiger partial charge in [-0.2, -0.15) is 4.31 Å². The second-order valence-electron chi connectivity index (χ2n) is 5.86. The average molecular weight is 380 g/mol. The number of hydrogen-bond acceptors (Lipinski definition) is 5. The van der Waals surface area contributed by atoms with Crippen molar-refractivity contribution in [1.82, 2.24) is 14.5 Å². The molecule has 2 aliphatic heterocycles. The lowest BCUT2D eigenvalue weighted by molar-refractivity contribution is -0.138. The fourth-order valence-electron chi connectivity index (χ4n) is 2.87. The molecule has 2 fully saturated rings. The van der Waals surface area contributed by atoms with Crippen LogP contribution in [0.25, 0.3) is 0 Å². The van der Waals surface area contributed by atoms with Crippen LogP contribution in [-0.2, 0) is 14.8 Å². The first-order chi connectivity index (χ1) is 10.4. The molecule has 0 bridgehead atoms. The second-order valence-corrected chi connectivity index (χ2v) is 9.23. The van der Waals surface area contributed by atoms with Crippen LogP contribution in [-0.4, -0.2) is 62.8 Å². The molecular formula is C14H22ClN3O3S2. The average Bonchev–Trinajstić information content (AvgIpc) is 2.76. The number of nitrogens with one attached hydrogen (secondary N) is 1. The molecule has 9 heteroatoms. The molecule has 0 aliphatic carbocycles. The van der Waals surface area contributed by atoms with Gasteiger partial charge in [-0.05, 0) is 19.9 Å². The third-order valence-electron chi connectivity index (χ3n) is 4.29. The first-order valence-corrected chi connectivity index (χ1v) is 9.72. The number of piperazine rings is 1. The molecular weight excluding hydrogens is 358 g/mol. The van der Waals surface area contributed by atoms with E-state index in [1.807, 2.05) is 13.8 Å². The second kappa shape index (κ2) is 7.06. The van der Waals surface area contributed by atoms with Crippen molar-refractivity contribution >= 4 is 39.7 Å². The molecule has 1 N–H and O–H groups in total. The quantitative estimate of drug-likeness (QED) is 0.844. The van der Waals surface area contributed by atoms with E-state index in [9.17, 15) is 13.2 Å². The number of aryl methyl sites for hydroxylation is 2. The first kappa shape index (κ1) is 18.7. The Morgan fingerprint density at radius 3 is 2.26 bits per heavy atom. The summed E-state index contributed by atoms with van der Waals surface area (Å²) < 4.78 is 26.9. The summed E-state index contributed by atoms with van der Waals surface area (Å²) in [5.74, 6) is 0.225. The summed E-state index contributed by atoms with van der Waals surface area (Å²) in [5.41, 5.74) is 0. The maximum absolute atomic E-state index is 12.7. The molecule has 0 atom stereocenters. The molecule has 0 saturated carbocycles. The summed E-state index contributed by atoms with van der Waals surface area (Å²) in [6.07, 6.45) is 0. The molecule has 2 saturated heterocycles. The van der Waals surface area contributed by atoms with Crippen LogP contribution in [0, 0.1) is 19.8 Å². The molecule has 6 nitrogen and oxygen atoms in total. The van der Waals surface area contributed by atoms with E-state index in [0.717, 1.165) is 22.8 Å². The van der Waals surface area contributed by atoms with Gasteiger partial charge in [-0.25, -0.2) is 8.42 Å². The van der Waals surface area contributed by atoms with Crippen LogP contribution < -0.4 is 5.32 Å². The summed E-state index contributed by atoms with van der Waals surface area (Å²) >= 11 is 1.50. The Bertz CT molecular complexity index is 677. The summed E-state index contributed by atoms with van der Waals surface area (Å²) in [6, 6.07) is 1.74. The normalized spacial score (nSPS) is 20.0. The van der Waals surface area contributed by atoms with E-state index in [1.54, 1.807) is 11.0 Å². The number of amides is 1. The van der Waals surface area contributed by atoms with Crippen LogP contribution >= 0.6 is 23.7 Å². The summed E-state index contributed by atoms with van der Waals surface area (Å²) in [4.78, 5) is 16.2. The lowest BCUT2D eigenvalue weighted by Gasteiger charge is -2.37. The van der Waals surface area contributed by atoms with Gasteiger partial charge < -0.3 is 10.2 Å². The van der Waals surface area contributed by atoms with Gasteiger partial charge >= 0.3 is 0 Å². The van der Waals surface area contributed by atoms with Crippen LogP contribution in [0.3, 0.4) is 0 Å². The van der Waals surface area contributed by atoms with Crippen molar-refractivity contribution in [1.29, 1.82) is 0 Å². The number of sulfonamides is 1. The molecule has 0 radical (unpaired) electrons.